The molecule has 1 aromatic rings. The third-order valence-corrected chi connectivity index (χ3v) is 5.58. The zero-order valence-electron chi connectivity index (χ0n) is 15.4. The summed E-state index contributed by atoms with van der Waals surface area (Å²) >= 11 is 0. The zero-order chi connectivity index (χ0) is 17.6. The van der Waals surface area contributed by atoms with Gasteiger partial charge in [0.15, 0.2) is 0 Å². The molecule has 3 rings (SSSR count). The van der Waals surface area contributed by atoms with Crippen LogP contribution >= 0.6 is 0 Å². The van der Waals surface area contributed by atoms with E-state index in [4.69, 9.17) is 0 Å². The highest BCUT2D eigenvalue weighted by molar-refractivity contribution is 5.94. The van der Waals surface area contributed by atoms with Gasteiger partial charge in [0.2, 0.25) is 0 Å². The van der Waals surface area contributed by atoms with Gasteiger partial charge in [0.05, 0.1) is 0 Å². The second kappa shape index (κ2) is 8.79. The number of likely N-dealkylation sites (N-methyl/N-ethyl adjacent to an activating group) is 1. The molecule has 0 radical (unpaired) electrons. The molecule has 1 amide bonds. The smallest absolute Gasteiger partial charge is 0.253 e. The van der Waals surface area contributed by atoms with Gasteiger partial charge in [-0.15, -0.1) is 0 Å². The minimum absolute atomic E-state index is 0.158. The first-order valence-electron chi connectivity index (χ1n) is 9.55. The first-order chi connectivity index (χ1) is 12.2. The molecule has 0 aromatic heterocycles. The number of aliphatic hydroxyl groups excluding tert-OH is 1. The molecule has 0 aliphatic carbocycles. The van der Waals surface area contributed by atoms with Crippen molar-refractivity contribution in [3.05, 3.63) is 35.4 Å². The van der Waals surface area contributed by atoms with Crippen LogP contribution in [0.4, 0.5) is 0 Å². The summed E-state index contributed by atoms with van der Waals surface area (Å²) in [5, 5.41) is 9.23. The number of aliphatic hydroxyl groups is 1. The van der Waals surface area contributed by atoms with E-state index in [1.807, 2.05) is 17.0 Å². The van der Waals surface area contributed by atoms with Gasteiger partial charge >= 0.3 is 0 Å². The van der Waals surface area contributed by atoms with E-state index in [0.29, 0.717) is 12.5 Å². The molecule has 2 heterocycles. The Morgan fingerprint density at radius 1 is 1.04 bits per heavy atom. The molecule has 0 saturated carbocycles. The summed E-state index contributed by atoms with van der Waals surface area (Å²) in [5.41, 5.74) is 2.06. The molecule has 25 heavy (non-hydrogen) atoms. The molecule has 0 bridgehead atoms. The Labute approximate surface area is 151 Å². The second-order valence-corrected chi connectivity index (χ2v) is 7.55. The number of carbonyl (C=O) groups excluding carboxylic acids is 1. The van der Waals surface area contributed by atoms with Crippen molar-refractivity contribution in [1.82, 2.24) is 14.7 Å². The van der Waals surface area contributed by atoms with Crippen LogP contribution in [0, 0.1) is 5.92 Å². The molecule has 0 atom stereocenters. The highest BCUT2D eigenvalue weighted by Crippen LogP contribution is 2.19. The Hall–Kier alpha value is -1.43. The van der Waals surface area contributed by atoms with Gasteiger partial charge in [0, 0.05) is 38.3 Å². The Kier molecular flexibility index (Phi) is 6.45. The van der Waals surface area contributed by atoms with E-state index >= 15 is 0 Å². The molecule has 1 N–H and O–H groups in total. The molecule has 1 aromatic carbocycles. The largest absolute Gasteiger partial charge is 0.396 e. The van der Waals surface area contributed by atoms with E-state index in [0.717, 1.165) is 70.6 Å². The number of rotatable bonds is 4. The number of hydrogen-bond acceptors (Lipinski definition) is 4. The average Bonchev–Trinajstić information content (AvgIpc) is 2.87. The van der Waals surface area contributed by atoms with Crippen molar-refractivity contribution in [2.24, 2.45) is 5.92 Å². The van der Waals surface area contributed by atoms with E-state index in [-0.39, 0.29) is 5.91 Å². The van der Waals surface area contributed by atoms with Gasteiger partial charge in [-0.3, -0.25) is 9.69 Å². The van der Waals surface area contributed by atoms with Crippen molar-refractivity contribution >= 4 is 5.91 Å². The lowest BCUT2D eigenvalue weighted by Crippen LogP contribution is -2.35. The summed E-state index contributed by atoms with van der Waals surface area (Å²) in [6.45, 7) is 7.03. The van der Waals surface area contributed by atoms with Crippen LogP contribution in [0.3, 0.4) is 0 Å². The molecule has 5 nitrogen and oxygen atoms in total. The predicted octanol–water partition coefficient (Wildman–Crippen LogP) is 1.67. The molecule has 5 heteroatoms. The molecule has 0 spiro atoms. The maximum absolute atomic E-state index is 12.7. The van der Waals surface area contributed by atoms with Gasteiger partial charge in [-0.05, 0) is 69.6 Å². The van der Waals surface area contributed by atoms with E-state index in [2.05, 4.69) is 29.0 Å². The molecule has 0 unspecified atom stereocenters. The summed E-state index contributed by atoms with van der Waals surface area (Å²) in [6.07, 6.45) is 3.21. The van der Waals surface area contributed by atoms with Crippen molar-refractivity contribution in [1.29, 1.82) is 0 Å². The van der Waals surface area contributed by atoms with E-state index in [9.17, 15) is 9.90 Å². The number of nitrogens with zero attached hydrogens (tertiary/aromatic N) is 3. The van der Waals surface area contributed by atoms with Crippen molar-refractivity contribution < 1.29 is 9.90 Å². The minimum atomic E-state index is 0.158. The molecule has 2 aliphatic rings. The number of likely N-dealkylation sites (tertiary alicyclic amines) is 1. The lowest BCUT2D eigenvalue weighted by Gasteiger charge is -2.31. The third-order valence-electron chi connectivity index (χ3n) is 5.58. The fourth-order valence-electron chi connectivity index (χ4n) is 3.77. The quantitative estimate of drug-likeness (QED) is 0.902. The summed E-state index contributed by atoms with van der Waals surface area (Å²) in [7, 11) is 2.12. The van der Waals surface area contributed by atoms with Crippen molar-refractivity contribution in [3.8, 4) is 0 Å². The first kappa shape index (κ1) is 18.4. The molecular formula is C20H31N3O2. The Balaban J connectivity index is 1.54. The fourth-order valence-corrected chi connectivity index (χ4v) is 3.77. The normalized spacial score (nSPS) is 21.3. The van der Waals surface area contributed by atoms with Crippen molar-refractivity contribution in [2.75, 3.05) is 52.9 Å². The molecule has 2 aliphatic heterocycles. The van der Waals surface area contributed by atoms with Crippen molar-refractivity contribution in [3.63, 3.8) is 0 Å². The maximum Gasteiger partial charge on any atom is 0.253 e. The summed E-state index contributed by atoms with van der Waals surface area (Å²) in [4.78, 5) is 19.4. The van der Waals surface area contributed by atoms with Crippen LogP contribution in [0.25, 0.3) is 0 Å². The van der Waals surface area contributed by atoms with Crippen LogP contribution in [0.5, 0.6) is 0 Å². The zero-order valence-corrected chi connectivity index (χ0v) is 15.4. The van der Waals surface area contributed by atoms with E-state index in [1.165, 1.54) is 5.56 Å². The van der Waals surface area contributed by atoms with Crippen LogP contribution in [-0.2, 0) is 6.54 Å². The topological polar surface area (TPSA) is 47.0 Å². The number of carbonyl (C=O) groups is 1. The molecule has 2 fully saturated rings. The first-order valence-corrected chi connectivity index (χ1v) is 9.55. The minimum Gasteiger partial charge on any atom is -0.396 e. The monoisotopic (exact) mass is 345 g/mol. The van der Waals surface area contributed by atoms with Gasteiger partial charge < -0.3 is 14.9 Å². The molecule has 2 saturated heterocycles. The SMILES string of the molecule is CN1CCCN(C(=O)c2ccc(CN3CCC(CO)CC3)cc2)CC1. The Morgan fingerprint density at radius 2 is 1.76 bits per heavy atom. The van der Waals surface area contributed by atoms with Crippen LogP contribution in [0.15, 0.2) is 24.3 Å². The van der Waals surface area contributed by atoms with Crippen LogP contribution < -0.4 is 0 Å². The summed E-state index contributed by atoms with van der Waals surface area (Å²) < 4.78 is 0. The van der Waals surface area contributed by atoms with Gasteiger partial charge in [-0.25, -0.2) is 0 Å². The Bertz CT molecular complexity index is 553. The summed E-state index contributed by atoms with van der Waals surface area (Å²) in [5.74, 6) is 0.634. The van der Waals surface area contributed by atoms with E-state index in [1.54, 1.807) is 0 Å². The van der Waals surface area contributed by atoms with Gasteiger partial charge in [-0.1, -0.05) is 12.1 Å². The Morgan fingerprint density at radius 3 is 2.44 bits per heavy atom. The standard InChI is InChI=1S/C20H31N3O2/c1-21-9-2-10-23(14-13-21)20(25)19-5-3-17(4-6-19)15-22-11-7-18(16-24)8-12-22/h3-6,18,24H,2,7-16H2,1H3. The van der Waals surface area contributed by atoms with Crippen LogP contribution in [0.1, 0.15) is 35.2 Å². The summed E-state index contributed by atoms with van der Waals surface area (Å²) in [6, 6.07) is 8.14. The van der Waals surface area contributed by atoms with Gasteiger partial charge in [0.1, 0.15) is 0 Å². The molecule has 138 valence electrons. The fraction of sp³-hybridized carbons (Fsp3) is 0.650. The average molecular weight is 345 g/mol. The number of piperidine rings is 1. The second-order valence-electron chi connectivity index (χ2n) is 7.55. The van der Waals surface area contributed by atoms with Crippen molar-refractivity contribution in [2.45, 2.75) is 25.8 Å². The van der Waals surface area contributed by atoms with Crippen LogP contribution in [0.2, 0.25) is 0 Å². The molecular weight excluding hydrogens is 314 g/mol. The number of benzene rings is 1. The highest BCUT2D eigenvalue weighted by atomic mass is 16.3. The van der Waals surface area contributed by atoms with E-state index < -0.39 is 0 Å². The number of hydrogen-bond donors (Lipinski definition) is 1. The predicted molar refractivity (Wildman–Crippen MR) is 99.5 cm³/mol. The van der Waals surface area contributed by atoms with Gasteiger partial charge in [0.25, 0.3) is 5.91 Å². The lowest BCUT2D eigenvalue weighted by atomic mass is 9.97. The van der Waals surface area contributed by atoms with Crippen LogP contribution in [-0.4, -0.2) is 78.6 Å². The number of amides is 1. The lowest BCUT2D eigenvalue weighted by molar-refractivity contribution is 0.0763. The highest BCUT2D eigenvalue weighted by Gasteiger charge is 2.20. The maximum atomic E-state index is 12.7. The third kappa shape index (κ3) is 5.03. The van der Waals surface area contributed by atoms with Gasteiger partial charge in [-0.2, -0.15) is 0 Å².